The molecule has 0 bridgehead atoms. The number of hydrogen-bond acceptors (Lipinski definition) is 4. The van der Waals surface area contributed by atoms with E-state index in [1.165, 1.54) is 5.56 Å². The SMILES string of the molecule is CC(C)(C)[Si](C)(C)OC[C@H]1CN(CC(=O)OCc2ccccc2)C[C@@H]1c1ccccc1. The van der Waals surface area contributed by atoms with Gasteiger partial charge in [0.25, 0.3) is 0 Å². The number of nitrogens with zero attached hydrogens (tertiary/aromatic N) is 1. The van der Waals surface area contributed by atoms with Gasteiger partial charge in [0.15, 0.2) is 8.32 Å². The van der Waals surface area contributed by atoms with Crippen molar-refractivity contribution < 1.29 is 14.0 Å². The predicted octanol–water partition coefficient (Wildman–Crippen LogP) is 5.47. The van der Waals surface area contributed by atoms with Crippen molar-refractivity contribution in [3.63, 3.8) is 0 Å². The summed E-state index contributed by atoms with van der Waals surface area (Å²) in [6.45, 7) is 14.5. The standard InChI is InChI=1S/C26H37NO3Si/c1-26(2,3)31(4,5)30-20-23-16-27(17-24(23)22-14-10-7-11-15-22)18-25(28)29-19-21-12-8-6-9-13-21/h6-15,23-24H,16-20H2,1-5H3/t23-,24-/m1/s1. The van der Waals surface area contributed by atoms with Gasteiger partial charge in [-0.15, -0.1) is 0 Å². The van der Waals surface area contributed by atoms with E-state index in [-0.39, 0.29) is 11.0 Å². The predicted molar refractivity (Wildman–Crippen MR) is 129 cm³/mol. The van der Waals surface area contributed by atoms with Crippen molar-refractivity contribution in [3.8, 4) is 0 Å². The van der Waals surface area contributed by atoms with Gasteiger partial charge < -0.3 is 9.16 Å². The van der Waals surface area contributed by atoms with E-state index in [2.05, 4.69) is 69.1 Å². The highest BCUT2D eigenvalue weighted by atomic mass is 28.4. The van der Waals surface area contributed by atoms with Crippen LogP contribution in [-0.2, 0) is 20.6 Å². The topological polar surface area (TPSA) is 38.8 Å². The van der Waals surface area contributed by atoms with Gasteiger partial charge in [-0.25, -0.2) is 0 Å². The number of hydrogen-bond donors (Lipinski definition) is 0. The van der Waals surface area contributed by atoms with Crippen LogP contribution >= 0.6 is 0 Å². The van der Waals surface area contributed by atoms with Gasteiger partial charge in [0.1, 0.15) is 6.61 Å². The summed E-state index contributed by atoms with van der Waals surface area (Å²) < 4.78 is 12.1. The van der Waals surface area contributed by atoms with Crippen LogP contribution in [0.15, 0.2) is 60.7 Å². The zero-order chi connectivity index (χ0) is 22.5. The normalized spacial score (nSPS) is 20.0. The molecule has 5 heteroatoms. The minimum Gasteiger partial charge on any atom is -0.460 e. The maximum Gasteiger partial charge on any atom is 0.320 e. The second-order valence-electron chi connectivity index (χ2n) is 10.2. The van der Waals surface area contributed by atoms with Crippen molar-refractivity contribution in [2.24, 2.45) is 5.92 Å². The molecule has 0 amide bonds. The average molecular weight is 440 g/mol. The van der Waals surface area contributed by atoms with Crippen molar-refractivity contribution in [1.82, 2.24) is 4.90 Å². The van der Waals surface area contributed by atoms with Crippen molar-refractivity contribution >= 4 is 14.3 Å². The molecule has 0 aromatic heterocycles. The van der Waals surface area contributed by atoms with E-state index in [1.54, 1.807) is 0 Å². The summed E-state index contributed by atoms with van der Waals surface area (Å²) in [6.07, 6.45) is 0. The van der Waals surface area contributed by atoms with Gasteiger partial charge in [-0.1, -0.05) is 81.4 Å². The van der Waals surface area contributed by atoms with Gasteiger partial charge in [-0.05, 0) is 29.3 Å². The van der Waals surface area contributed by atoms with Gasteiger partial charge >= 0.3 is 5.97 Å². The van der Waals surface area contributed by atoms with Crippen LogP contribution in [0.4, 0.5) is 0 Å². The van der Waals surface area contributed by atoms with Crippen molar-refractivity contribution in [2.45, 2.75) is 51.4 Å². The Bertz CT molecular complexity index is 833. The summed E-state index contributed by atoms with van der Waals surface area (Å²) in [4.78, 5) is 14.7. The lowest BCUT2D eigenvalue weighted by atomic mass is 9.90. The number of rotatable bonds is 8. The van der Waals surface area contributed by atoms with E-state index in [0.717, 1.165) is 25.3 Å². The molecule has 0 aliphatic carbocycles. The van der Waals surface area contributed by atoms with Gasteiger partial charge in [-0.3, -0.25) is 9.69 Å². The summed E-state index contributed by atoms with van der Waals surface area (Å²) in [5, 5.41) is 0.189. The Hall–Kier alpha value is -1.95. The molecule has 1 aliphatic rings. The number of ether oxygens (including phenoxy) is 1. The summed E-state index contributed by atoms with van der Waals surface area (Å²) in [7, 11) is -1.82. The minimum atomic E-state index is -1.82. The fourth-order valence-corrected chi connectivity index (χ4v) is 4.90. The molecule has 0 spiro atoms. The molecule has 0 saturated carbocycles. The second-order valence-corrected chi connectivity index (χ2v) is 15.0. The molecule has 1 saturated heterocycles. The first-order valence-electron chi connectivity index (χ1n) is 11.3. The Kier molecular flexibility index (Phi) is 7.73. The molecule has 2 aromatic carbocycles. The molecular formula is C26H37NO3Si. The van der Waals surface area contributed by atoms with Gasteiger partial charge in [-0.2, -0.15) is 0 Å². The van der Waals surface area contributed by atoms with Crippen LogP contribution in [0.1, 0.15) is 37.8 Å². The van der Waals surface area contributed by atoms with Crippen LogP contribution in [0, 0.1) is 5.92 Å². The Morgan fingerprint density at radius 2 is 1.61 bits per heavy atom. The Labute approximate surface area is 188 Å². The summed E-state index contributed by atoms with van der Waals surface area (Å²) in [5.74, 6) is 0.577. The lowest BCUT2D eigenvalue weighted by molar-refractivity contribution is -0.146. The quantitative estimate of drug-likeness (QED) is 0.404. The molecule has 0 unspecified atom stereocenters. The van der Waals surface area contributed by atoms with Crippen LogP contribution in [0.3, 0.4) is 0 Å². The molecule has 1 fully saturated rings. The molecule has 2 atom stereocenters. The van der Waals surface area contributed by atoms with Crippen LogP contribution in [0.5, 0.6) is 0 Å². The lowest BCUT2D eigenvalue weighted by Crippen LogP contribution is -2.42. The molecule has 4 nitrogen and oxygen atoms in total. The third kappa shape index (κ3) is 6.51. The van der Waals surface area contributed by atoms with Crippen LogP contribution < -0.4 is 0 Å². The van der Waals surface area contributed by atoms with Crippen LogP contribution in [-0.4, -0.2) is 45.4 Å². The van der Waals surface area contributed by atoms with E-state index in [1.807, 2.05) is 30.3 Å². The molecule has 31 heavy (non-hydrogen) atoms. The van der Waals surface area contributed by atoms with E-state index >= 15 is 0 Å². The minimum absolute atomic E-state index is 0.165. The van der Waals surface area contributed by atoms with E-state index in [9.17, 15) is 4.79 Å². The second kappa shape index (κ2) is 10.1. The van der Waals surface area contributed by atoms with Gasteiger partial charge in [0.2, 0.25) is 0 Å². The molecule has 168 valence electrons. The first-order chi connectivity index (χ1) is 14.7. The number of likely N-dealkylation sites (tertiary alicyclic amines) is 1. The summed E-state index contributed by atoms with van der Waals surface area (Å²) in [5.41, 5.74) is 2.34. The molecule has 0 N–H and O–H groups in total. The zero-order valence-corrected chi connectivity index (χ0v) is 20.6. The first-order valence-corrected chi connectivity index (χ1v) is 14.2. The largest absolute Gasteiger partial charge is 0.460 e. The monoisotopic (exact) mass is 439 g/mol. The van der Waals surface area contributed by atoms with Gasteiger partial charge in [0.05, 0.1) is 6.54 Å². The number of benzene rings is 2. The number of esters is 1. The zero-order valence-electron chi connectivity index (χ0n) is 19.6. The van der Waals surface area contributed by atoms with Crippen molar-refractivity contribution in [2.75, 3.05) is 26.2 Å². The van der Waals surface area contributed by atoms with E-state index in [0.29, 0.717) is 25.0 Å². The molecule has 1 aliphatic heterocycles. The lowest BCUT2D eigenvalue weighted by Gasteiger charge is -2.37. The molecule has 1 heterocycles. The third-order valence-electron chi connectivity index (χ3n) is 6.80. The smallest absolute Gasteiger partial charge is 0.320 e. The highest BCUT2D eigenvalue weighted by Gasteiger charge is 2.40. The van der Waals surface area contributed by atoms with Crippen LogP contribution in [0.25, 0.3) is 0 Å². The van der Waals surface area contributed by atoms with E-state index < -0.39 is 8.32 Å². The fourth-order valence-electron chi connectivity index (χ4n) is 3.83. The van der Waals surface area contributed by atoms with Crippen molar-refractivity contribution in [3.05, 3.63) is 71.8 Å². The van der Waals surface area contributed by atoms with Crippen molar-refractivity contribution in [1.29, 1.82) is 0 Å². The molecule has 0 radical (unpaired) electrons. The van der Waals surface area contributed by atoms with Crippen LogP contribution in [0.2, 0.25) is 18.1 Å². The van der Waals surface area contributed by atoms with E-state index in [4.69, 9.17) is 9.16 Å². The maximum absolute atomic E-state index is 12.5. The fraction of sp³-hybridized carbons (Fsp3) is 0.500. The third-order valence-corrected chi connectivity index (χ3v) is 11.3. The summed E-state index contributed by atoms with van der Waals surface area (Å²) in [6, 6.07) is 20.5. The highest BCUT2D eigenvalue weighted by molar-refractivity contribution is 6.74. The summed E-state index contributed by atoms with van der Waals surface area (Å²) >= 11 is 0. The highest BCUT2D eigenvalue weighted by Crippen LogP contribution is 2.39. The Morgan fingerprint density at radius 3 is 2.23 bits per heavy atom. The molecular weight excluding hydrogens is 402 g/mol. The first kappa shape index (κ1) is 23.7. The van der Waals surface area contributed by atoms with Gasteiger partial charge in [0, 0.05) is 31.5 Å². The average Bonchev–Trinajstić information content (AvgIpc) is 3.14. The number of carbonyl (C=O) groups is 1. The molecule has 2 aromatic rings. The number of carbonyl (C=O) groups excluding carboxylic acids is 1. The molecule has 3 rings (SSSR count). The maximum atomic E-state index is 12.5. The Morgan fingerprint density at radius 1 is 1.00 bits per heavy atom. The Balaban J connectivity index is 1.62.